The quantitative estimate of drug-likeness (QED) is 0.833. The van der Waals surface area contributed by atoms with Crippen LogP contribution in [-0.4, -0.2) is 56.8 Å². The van der Waals surface area contributed by atoms with Crippen molar-refractivity contribution in [1.29, 1.82) is 0 Å². The molecule has 1 aliphatic heterocycles. The van der Waals surface area contributed by atoms with Crippen molar-refractivity contribution in [3.05, 3.63) is 41.7 Å². The SMILES string of the molecule is CCC[C@@H]1COCCN1C(=O)c1ccc(Cn2cnnn2)cc1. The molecule has 0 aliphatic carbocycles. The Hall–Kier alpha value is -2.28. The first-order valence-corrected chi connectivity index (χ1v) is 7.96. The molecule has 2 heterocycles. The number of hydrogen-bond acceptors (Lipinski definition) is 5. The first kappa shape index (κ1) is 15.6. The van der Waals surface area contributed by atoms with E-state index in [1.54, 1.807) is 11.0 Å². The van der Waals surface area contributed by atoms with Gasteiger partial charge in [0, 0.05) is 12.1 Å². The van der Waals surface area contributed by atoms with Crippen LogP contribution >= 0.6 is 0 Å². The summed E-state index contributed by atoms with van der Waals surface area (Å²) >= 11 is 0. The third-order valence-electron chi connectivity index (χ3n) is 4.05. The van der Waals surface area contributed by atoms with Crippen LogP contribution in [0.3, 0.4) is 0 Å². The fraction of sp³-hybridized carbons (Fsp3) is 0.500. The molecule has 1 fully saturated rings. The summed E-state index contributed by atoms with van der Waals surface area (Å²) in [6.07, 6.45) is 3.59. The van der Waals surface area contributed by atoms with Crippen LogP contribution in [0.5, 0.6) is 0 Å². The molecule has 1 aliphatic rings. The summed E-state index contributed by atoms with van der Waals surface area (Å²) in [5.41, 5.74) is 1.77. The Kier molecular flexibility index (Phi) is 4.97. The average Bonchev–Trinajstić information content (AvgIpc) is 3.09. The van der Waals surface area contributed by atoms with Crippen molar-refractivity contribution in [2.45, 2.75) is 32.4 Å². The van der Waals surface area contributed by atoms with Gasteiger partial charge in [-0.15, -0.1) is 5.10 Å². The first-order valence-electron chi connectivity index (χ1n) is 7.96. The summed E-state index contributed by atoms with van der Waals surface area (Å²) in [5, 5.41) is 11.1. The van der Waals surface area contributed by atoms with Gasteiger partial charge in [0.15, 0.2) is 0 Å². The number of morpholine rings is 1. The predicted molar refractivity (Wildman–Crippen MR) is 83.9 cm³/mol. The number of benzene rings is 1. The summed E-state index contributed by atoms with van der Waals surface area (Å²) in [6, 6.07) is 7.83. The summed E-state index contributed by atoms with van der Waals surface area (Å²) in [5.74, 6) is 0.0840. The molecular weight excluding hydrogens is 294 g/mol. The lowest BCUT2D eigenvalue weighted by Crippen LogP contribution is -2.48. The number of carbonyl (C=O) groups excluding carboxylic acids is 1. The Balaban J connectivity index is 1.69. The Bertz CT molecular complexity index is 624. The van der Waals surface area contributed by atoms with Crippen molar-refractivity contribution in [2.75, 3.05) is 19.8 Å². The normalized spacial score (nSPS) is 18.1. The maximum absolute atomic E-state index is 12.7. The molecule has 23 heavy (non-hydrogen) atoms. The molecule has 2 aromatic rings. The second-order valence-electron chi connectivity index (χ2n) is 5.72. The first-order chi connectivity index (χ1) is 11.3. The van der Waals surface area contributed by atoms with Gasteiger partial charge in [0.1, 0.15) is 6.33 Å². The van der Waals surface area contributed by atoms with Crippen LogP contribution in [-0.2, 0) is 11.3 Å². The fourth-order valence-electron chi connectivity index (χ4n) is 2.85. The Morgan fingerprint density at radius 3 is 2.87 bits per heavy atom. The lowest BCUT2D eigenvalue weighted by atomic mass is 10.1. The zero-order valence-electron chi connectivity index (χ0n) is 13.3. The molecular formula is C16H21N5O2. The highest BCUT2D eigenvalue weighted by atomic mass is 16.5. The van der Waals surface area contributed by atoms with E-state index in [-0.39, 0.29) is 11.9 Å². The molecule has 0 spiro atoms. The topological polar surface area (TPSA) is 73.1 Å². The molecule has 1 atom stereocenters. The van der Waals surface area contributed by atoms with Crippen LogP contribution in [0.25, 0.3) is 0 Å². The van der Waals surface area contributed by atoms with Gasteiger partial charge >= 0.3 is 0 Å². The molecule has 1 aromatic heterocycles. The van der Waals surface area contributed by atoms with Crippen LogP contribution in [0.15, 0.2) is 30.6 Å². The van der Waals surface area contributed by atoms with E-state index in [1.807, 2.05) is 29.2 Å². The number of amides is 1. The van der Waals surface area contributed by atoms with E-state index in [4.69, 9.17) is 4.74 Å². The van der Waals surface area contributed by atoms with Gasteiger partial charge in [-0.05, 0) is 34.5 Å². The maximum Gasteiger partial charge on any atom is 0.254 e. The zero-order valence-corrected chi connectivity index (χ0v) is 13.3. The summed E-state index contributed by atoms with van der Waals surface area (Å²) < 4.78 is 7.16. The molecule has 7 nitrogen and oxygen atoms in total. The summed E-state index contributed by atoms with van der Waals surface area (Å²) in [7, 11) is 0. The minimum absolute atomic E-state index is 0.0840. The summed E-state index contributed by atoms with van der Waals surface area (Å²) in [6.45, 7) is 4.64. The molecule has 0 bridgehead atoms. The number of hydrogen-bond donors (Lipinski definition) is 0. The second-order valence-corrected chi connectivity index (χ2v) is 5.72. The third kappa shape index (κ3) is 3.73. The van der Waals surface area contributed by atoms with E-state index in [2.05, 4.69) is 22.4 Å². The molecule has 7 heteroatoms. The largest absolute Gasteiger partial charge is 0.377 e. The molecule has 0 saturated carbocycles. The summed E-state index contributed by atoms with van der Waals surface area (Å²) in [4.78, 5) is 14.7. The van der Waals surface area contributed by atoms with Crippen LogP contribution in [0.4, 0.5) is 0 Å². The van der Waals surface area contributed by atoms with E-state index < -0.39 is 0 Å². The highest BCUT2D eigenvalue weighted by Gasteiger charge is 2.27. The van der Waals surface area contributed by atoms with Gasteiger partial charge in [-0.1, -0.05) is 25.5 Å². The van der Waals surface area contributed by atoms with E-state index in [0.29, 0.717) is 31.9 Å². The van der Waals surface area contributed by atoms with Gasteiger partial charge < -0.3 is 9.64 Å². The molecule has 0 unspecified atom stereocenters. The molecule has 1 amide bonds. The fourth-order valence-corrected chi connectivity index (χ4v) is 2.85. The van der Waals surface area contributed by atoms with E-state index in [9.17, 15) is 4.79 Å². The maximum atomic E-state index is 12.7. The number of ether oxygens (including phenoxy) is 1. The van der Waals surface area contributed by atoms with E-state index in [1.165, 1.54) is 0 Å². The van der Waals surface area contributed by atoms with Crippen LogP contribution in [0, 0.1) is 0 Å². The minimum Gasteiger partial charge on any atom is -0.377 e. The minimum atomic E-state index is 0.0840. The Labute approximate surface area is 135 Å². The number of aromatic nitrogens is 4. The van der Waals surface area contributed by atoms with Gasteiger partial charge in [-0.3, -0.25) is 4.79 Å². The highest BCUT2D eigenvalue weighted by Crippen LogP contribution is 2.17. The second kappa shape index (κ2) is 7.32. The molecule has 1 aromatic carbocycles. The van der Waals surface area contributed by atoms with Gasteiger partial charge in [-0.25, -0.2) is 4.68 Å². The molecule has 0 radical (unpaired) electrons. The smallest absolute Gasteiger partial charge is 0.254 e. The third-order valence-corrected chi connectivity index (χ3v) is 4.05. The molecule has 122 valence electrons. The predicted octanol–water partition coefficient (Wildman–Crippen LogP) is 1.36. The number of tetrazole rings is 1. The average molecular weight is 315 g/mol. The van der Waals surface area contributed by atoms with Crippen LogP contribution in [0.2, 0.25) is 0 Å². The number of carbonyl (C=O) groups is 1. The van der Waals surface area contributed by atoms with Gasteiger partial charge in [0.2, 0.25) is 0 Å². The molecule has 1 saturated heterocycles. The Morgan fingerprint density at radius 1 is 1.35 bits per heavy atom. The van der Waals surface area contributed by atoms with Crippen molar-refractivity contribution >= 4 is 5.91 Å². The van der Waals surface area contributed by atoms with E-state index in [0.717, 1.165) is 18.4 Å². The highest BCUT2D eigenvalue weighted by molar-refractivity contribution is 5.94. The van der Waals surface area contributed by atoms with E-state index >= 15 is 0 Å². The van der Waals surface area contributed by atoms with Gasteiger partial charge in [0.25, 0.3) is 5.91 Å². The van der Waals surface area contributed by atoms with Gasteiger partial charge in [-0.2, -0.15) is 0 Å². The lowest BCUT2D eigenvalue weighted by Gasteiger charge is -2.35. The van der Waals surface area contributed by atoms with Crippen molar-refractivity contribution < 1.29 is 9.53 Å². The van der Waals surface area contributed by atoms with Crippen LogP contribution in [0.1, 0.15) is 35.7 Å². The van der Waals surface area contributed by atoms with Gasteiger partial charge in [0.05, 0.1) is 25.8 Å². The zero-order chi connectivity index (χ0) is 16.1. The molecule has 0 N–H and O–H groups in total. The Morgan fingerprint density at radius 2 is 2.17 bits per heavy atom. The number of nitrogens with zero attached hydrogens (tertiary/aromatic N) is 5. The standard InChI is InChI=1S/C16H21N5O2/c1-2-3-15-11-23-9-8-21(15)16(22)14-6-4-13(5-7-14)10-20-12-17-18-19-20/h4-7,12,15H,2-3,8-11H2,1H3/t15-/m1/s1. The lowest BCUT2D eigenvalue weighted by molar-refractivity contribution is -0.00433. The van der Waals surface area contributed by atoms with Crippen molar-refractivity contribution in [3.63, 3.8) is 0 Å². The van der Waals surface area contributed by atoms with Crippen LogP contribution < -0.4 is 0 Å². The van der Waals surface area contributed by atoms with Crippen molar-refractivity contribution in [3.8, 4) is 0 Å². The van der Waals surface area contributed by atoms with Crippen molar-refractivity contribution in [2.24, 2.45) is 0 Å². The number of rotatable bonds is 5. The monoisotopic (exact) mass is 315 g/mol. The van der Waals surface area contributed by atoms with Crippen molar-refractivity contribution in [1.82, 2.24) is 25.1 Å². The molecule has 3 rings (SSSR count).